The highest BCUT2D eigenvalue weighted by Crippen LogP contribution is 2.38. The second-order valence-corrected chi connectivity index (χ2v) is 9.39. The number of carbonyl (C=O) groups excluding carboxylic acids is 1. The molecule has 0 radical (unpaired) electrons. The molecule has 1 amide bonds. The first-order chi connectivity index (χ1) is 16.6. The van der Waals surface area contributed by atoms with Crippen LogP contribution in [0.1, 0.15) is 49.4 Å². The fourth-order valence-corrected chi connectivity index (χ4v) is 4.68. The lowest BCUT2D eigenvalue weighted by Crippen LogP contribution is -2.18. The van der Waals surface area contributed by atoms with Crippen molar-refractivity contribution < 1.29 is 18.0 Å². The van der Waals surface area contributed by atoms with Crippen LogP contribution in [0.25, 0.3) is 0 Å². The van der Waals surface area contributed by atoms with Gasteiger partial charge < -0.3 is 10.6 Å². The summed E-state index contributed by atoms with van der Waals surface area (Å²) in [6.45, 7) is 5.59. The smallest absolute Gasteiger partial charge is 0.343 e. The number of hydrogen-bond donors (Lipinski definition) is 2. The van der Waals surface area contributed by atoms with Crippen molar-refractivity contribution in [2.24, 2.45) is 0 Å². The lowest BCUT2D eigenvalue weighted by Gasteiger charge is -2.21. The van der Waals surface area contributed by atoms with Crippen molar-refractivity contribution in [2.45, 2.75) is 33.0 Å². The van der Waals surface area contributed by atoms with E-state index in [1.54, 1.807) is 24.3 Å². The molecule has 0 bridgehead atoms. The van der Waals surface area contributed by atoms with Gasteiger partial charge in [-0.1, -0.05) is 30.3 Å². The number of hydrogen-bond acceptors (Lipinski definition) is 5. The van der Waals surface area contributed by atoms with Crippen LogP contribution >= 0.6 is 11.3 Å². The standard InChI is InChI=1S/C26H23F3N4OS/c1-15-13-16(2)31-25(30-15)32-22(18-9-11-20(12-10-18)26(27,28)29)21-14-17(3)35-24(21)33-23(34)19-7-5-4-6-8-19/h4-14,22H,1-3H3,(H,33,34)(H,30,31,32). The van der Waals surface area contributed by atoms with Crippen LogP contribution in [0.4, 0.5) is 24.1 Å². The number of halogens is 3. The Balaban J connectivity index is 1.75. The second-order valence-electron chi connectivity index (χ2n) is 8.13. The summed E-state index contributed by atoms with van der Waals surface area (Å²) >= 11 is 1.39. The van der Waals surface area contributed by atoms with Crippen molar-refractivity contribution in [1.82, 2.24) is 9.97 Å². The lowest BCUT2D eigenvalue weighted by atomic mass is 9.98. The van der Waals surface area contributed by atoms with Gasteiger partial charge in [-0.25, -0.2) is 9.97 Å². The first kappa shape index (κ1) is 24.4. The summed E-state index contributed by atoms with van der Waals surface area (Å²) in [4.78, 5) is 22.7. The minimum absolute atomic E-state index is 0.275. The summed E-state index contributed by atoms with van der Waals surface area (Å²) in [5.41, 5.74) is 2.56. The van der Waals surface area contributed by atoms with E-state index in [1.165, 1.54) is 23.5 Å². The average molecular weight is 497 g/mol. The van der Waals surface area contributed by atoms with Gasteiger partial charge in [-0.05, 0) is 62.7 Å². The largest absolute Gasteiger partial charge is 0.416 e. The van der Waals surface area contributed by atoms with E-state index in [9.17, 15) is 18.0 Å². The summed E-state index contributed by atoms with van der Waals surface area (Å²) < 4.78 is 39.5. The molecule has 2 N–H and O–H groups in total. The van der Waals surface area contributed by atoms with Crippen LogP contribution in [0, 0.1) is 20.8 Å². The number of amides is 1. The zero-order valence-corrected chi connectivity index (χ0v) is 20.1. The van der Waals surface area contributed by atoms with E-state index in [2.05, 4.69) is 20.6 Å². The zero-order valence-electron chi connectivity index (χ0n) is 19.3. The quantitative estimate of drug-likeness (QED) is 0.304. The van der Waals surface area contributed by atoms with Crippen LogP contribution in [0.15, 0.2) is 66.7 Å². The number of anilines is 2. The summed E-state index contributed by atoms with van der Waals surface area (Å²) in [7, 11) is 0. The molecule has 4 aromatic rings. The van der Waals surface area contributed by atoms with E-state index in [-0.39, 0.29) is 5.91 Å². The first-order valence-electron chi connectivity index (χ1n) is 10.8. The van der Waals surface area contributed by atoms with Gasteiger partial charge in [-0.15, -0.1) is 11.3 Å². The monoisotopic (exact) mass is 496 g/mol. The van der Waals surface area contributed by atoms with Gasteiger partial charge in [0.05, 0.1) is 11.6 Å². The number of aromatic nitrogens is 2. The normalized spacial score (nSPS) is 12.3. The van der Waals surface area contributed by atoms with Crippen molar-refractivity contribution >= 4 is 28.2 Å². The molecule has 9 heteroatoms. The summed E-state index contributed by atoms with van der Waals surface area (Å²) in [6.07, 6.45) is -4.44. The van der Waals surface area contributed by atoms with E-state index in [4.69, 9.17) is 0 Å². The number of carbonyl (C=O) groups is 1. The highest BCUT2D eigenvalue weighted by atomic mass is 32.1. The van der Waals surface area contributed by atoms with E-state index in [0.29, 0.717) is 27.6 Å². The molecule has 4 rings (SSSR count). The van der Waals surface area contributed by atoms with Crippen LogP contribution < -0.4 is 10.6 Å². The molecule has 5 nitrogen and oxygen atoms in total. The summed E-state index contributed by atoms with van der Waals surface area (Å²) in [5, 5.41) is 6.83. The highest BCUT2D eigenvalue weighted by molar-refractivity contribution is 7.16. The van der Waals surface area contributed by atoms with E-state index in [1.807, 2.05) is 39.0 Å². The lowest BCUT2D eigenvalue weighted by molar-refractivity contribution is -0.137. The molecule has 0 aliphatic heterocycles. The SMILES string of the molecule is Cc1cc(C)nc(NC(c2ccc(C(F)(F)F)cc2)c2cc(C)sc2NC(=O)c2ccccc2)n1. The van der Waals surface area contributed by atoms with Crippen molar-refractivity contribution in [2.75, 3.05) is 10.6 Å². The summed E-state index contributed by atoms with van der Waals surface area (Å²) in [6, 6.07) is 16.9. The zero-order chi connectivity index (χ0) is 25.2. The van der Waals surface area contributed by atoms with Crippen LogP contribution in [0.5, 0.6) is 0 Å². The van der Waals surface area contributed by atoms with Gasteiger partial charge >= 0.3 is 6.18 Å². The third kappa shape index (κ3) is 5.86. The molecule has 180 valence electrons. The Bertz CT molecular complexity index is 1310. The number of alkyl halides is 3. The number of aryl methyl sites for hydroxylation is 3. The van der Waals surface area contributed by atoms with E-state index < -0.39 is 17.8 Å². The molecule has 1 atom stereocenters. The molecule has 2 heterocycles. The molecule has 1 unspecified atom stereocenters. The van der Waals surface area contributed by atoms with Crippen LogP contribution in [-0.2, 0) is 6.18 Å². The molecule has 2 aromatic carbocycles. The first-order valence-corrected chi connectivity index (χ1v) is 11.6. The van der Waals surface area contributed by atoms with Gasteiger partial charge in [-0.2, -0.15) is 13.2 Å². The minimum Gasteiger partial charge on any atom is -0.343 e. The maximum absolute atomic E-state index is 13.2. The maximum Gasteiger partial charge on any atom is 0.416 e. The molecule has 35 heavy (non-hydrogen) atoms. The maximum atomic E-state index is 13.2. The van der Waals surface area contributed by atoms with Crippen molar-refractivity contribution in [1.29, 1.82) is 0 Å². The Labute approximate surface area is 205 Å². The van der Waals surface area contributed by atoms with Gasteiger partial charge in [0.2, 0.25) is 5.95 Å². The second kappa shape index (κ2) is 9.87. The molecule has 0 aliphatic rings. The average Bonchev–Trinajstić information content (AvgIpc) is 3.16. The Kier molecular flexibility index (Phi) is 6.88. The van der Waals surface area contributed by atoms with Crippen LogP contribution in [0.3, 0.4) is 0 Å². The topological polar surface area (TPSA) is 66.9 Å². The van der Waals surface area contributed by atoms with Crippen LogP contribution in [-0.4, -0.2) is 15.9 Å². The highest BCUT2D eigenvalue weighted by Gasteiger charge is 2.31. The third-order valence-corrected chi connectivity index (χ3v) is 6.27. The molecular formula is C26H23F3N4OS. The summed E-state index contributed by atoms with van der Waals surface area (Å²) in [5.74, 6) is 0.0686. The van der Waals surface area contributed by atoms with Crippen molar-refractivity contribution in [3.8, 4) is 0 Å². The van der Waals surface area contributed by atoms with Gasteiger partial charge in [0.15, 0.2) is 0 Å². The number of thiophene rings is 1. The molecule has 0 spiro atoms. The number of nitrogens with zero attached hydrogens (tertiary/aromatic N) is 2. The minimum atomic E-state index is -4.44. The predicted molar refractivity (Wildman–Crippen MR) is 132 cm³/mol. The van der Waals surface area contributed by atoms with Crippen molar-refractivity contribution in [3.05, 3.63) is 105 Å². The number of rotatable bonds is 6. The Morgan fingerprint density at radius 1 is 0.914 bits per heavy atom. The molecule has 2 aromatic heterocycles. The van der Waals surface area contributed by atoms with Gasteiger partial charge in [0.1, 0.15) is 5.00 Å². The molecule has 0 aliphatic carbocycles. The third-order valence-electron chi connectivity index (χ3n) is 5.29. The molecule has 0 fully saturated rings. The Morgan fingerprint density at radius 2 is 1.54 bits per heavy atom. The number of benzene rings is 2. The fraction of sp³-hybridized carbons (Fsp3) is 0.192. The van der Waals surface area contributed by atoms with E-state index >= 15 is 0 Å². The van der Waals surface area contributed by atoms with Gasteiger partial charge in [-0.3, -0.25) is 4.79 Å². The number of nitrogens with one attached hydrogen (secondary N) is 2. The fourth-order valence-electron chi connectivity index (χ4n) is 3.74. The Morgan fingerprint density at radius 3 is 2.14 bits per heavy atom. The molecule has 0 saturated heterocycles. The van der Waals surface area contributed by atoms with Crippen LogP contribution in [0.2, 0.25) is 0 Å². The molecular weight excluding hydrogens is 473 g/mol. The Hall–Kier alpha value is -3.72. The van der Waals surface area contributed by atoms with Gasteiger partial charge in [0.25, 0.3) is 5.91 Å². The van der Waals surface area contributed by atoms with E-state index in [0.717, 1.165) is 28.4 Å². The van der Waals surface area contributed by atoms with Crippen molar-refractivity contribution in [3.63, 3.8) is 0 Å². The molecule has 0 saturated carbocycles. The van der Waals surface area contributed by atoms with Gasteiger partial charge in [0, 0.05) is 27.4 Å². The predicted octanol–water partition coefficient (Wildman–Crippen LogP) is 6.94.